The molecule has 0 bridgehead atoms. The van der Waals surface area contributed by atoms with Gasteiger partial charge in [0.25, 0.3) is 0 Å². The lowest BCUT2D eigenvalue weighted by Gasteiger charge is -2.32. The number of rotatable bonds is 3. The Labute approximate surface area is 120 Å². The van der Waals surface area contributed by atoms with Crippen LogP contribution in [0.3, 0.4) is 0 Å². The SMILES string of the molecule is CC(C)(C)C(NC(=O)C1CCNC1)c1ccc(F)cc1. The van der Waals surface area contributed by atoms with Crippen molar-refractivity contribution in [1.82, 2.24) is 10.6 Å². The molecule has 0 spiro atoms. The Morgan fingerprint density at radius 2 is 2.00 bits per heavy atom. The van der Waals surface area contributed by atoms with Crippen LogP contribution in [0.15, 0.2) is 24.3 Å². The predicted octanol–water partition coefficient (Wildman–Crippen LogP) is 2.64. The van der Waals surface area contributed by atoms with Crippen LogP contribution in [0.1, 0.15) is 38.8 Å². The average Bonchev–Trinajstić information content (AvgIpc) is 2.89. The lowest BCUT2D eigenvalue weighted by molar-refractivity contribution is -0.126. The first-order valence-corrected chi connectivity index (χ1v) is 7.14. The van der Waals surface area contributed by atoms with Crippen molar-refractivity contribution in [3.8, 4) is 0 Å². The molecule has 2 rings (SSSR count). The van der Waals surface area contributed by atoms with Gasteiger partial charge in [-0.05, 0) is 36.1 Å². The minimum absolute atomic E-state index is 0.0419. The van der Waals surface area contributed by atoms with Crippen LogP contribution in [-0.2, 0) is 4.79 Å². The Balaban J connectivity index is 2.15. The standard InChI is InChI=1S/C16H23FN2O/c1-16(2,3)14(11-4-6-13(17)7-5-11)19-15(20)12-8-9-18-10-12/h4-7,12,14,18H,8-10H2,1-3H3,(H,19,20). The Bertz CT molecular complexity index is 458. The molecule has 1 amide bonds. The van der Waals surface area contributed by atoms with Gasteiger partial charge in [0, 0.05) is 6.54 Å². The Hall–Kier alpha value is -1.42. The number of benzene rings is 1. The minimum atomic E-state index is -0.257. The van der Waals surface area contributed by atoms with Crippen molar-refractivity contribution < 1.29 is 9.18 Å². The number of hydrogen-bond acceptors (Lipinski definition) is 2. The number of hydrogen-bond donors (Lipinski definition) is 2. The van der Waals surface area contributed by atoms with Crippen molar-refractivity contribution in [2.24, 2.45) is 11.3 Å². The van der Waals surface area contributed by atoms with Gasteiger partial charge in [0.1, 0.15) is 5.82 Å². The molecule has 2 N–H and O–H groups in total. The van der Waals surface area contributed by atoms with Crippen LogP contribution in [0.2, 0.25) is 0 Å². The van der Waals surface area contributed by atoms with E-state index < -0.39 is 0 Å². The largest absolute Gasteiger partial charge is 0.348 e. The zero-order valence-corrected chi connectivity index (χ0v) is 12.4. The van der Waals surface area contributed by atoms with E-state index in [4.69, 9.17) is 0 Å². The minimum Gasteiger partial charge on any atom is -0.348 e. The second-order valence-corrected chi connectivity index (χ2v) is 6.55. The Kier molecular flexibility index (Phi) is 4.43. The highest BCUT2D eigenvalue weighted by Gasteiger charge is 2.31. The number of carbonyl (C=O) groups excluding carboxylic acids is 1. The van der Waals surface area contributed by atoms with Crippen LogP contribution in [0.4, 0.5) is 4.39 Å². The summed E-state index contributed by atoms with van der Waals surface area (Å²) in [5, 5.41) is 6.34. The van der Waals surface area contributed by atoms with Crippen LogP contribution < -0.4 is 10.6 Å². The molecule has 0 saturated carbocycles. The zero-order chi connectivity index (χ0) is 14.8. The Morgan fingerprint density at radius 3 is 2.50 bits per heavy atom. The lowest BCUT2D eigenvalue weighted by atomic mass is 9.82. The zero-order valence-electron chi connectivity index (χ0n) is 12.4. The van der Waals surface area contributed by atoms with Gasteiger partial charge in [-0.1, -0.05) is 32.9 Å². The first kappa shape index (κ1) is 15.0. The van der Waals surface area contributed by atoms with Crippen molar-refractivity contribution in [3.05, 3.63) is 35.6 Å². The van der Waals surface area contributed by atoms with E-state index in [2.05, 4.69) is 31.4 Å². The molecule has 0 aliphatic carbocycles. The maximum atomic E-state index is 13.1. The molecule has 1 aliphatic rings. The third-order valence-corrected chi connectivity index (χ3v) is 3.79. The summed E-state index contributed by atoms with van der Waals surface area (Å²) in [5.74, 6) is -0.132. The molecule has 1 fully saturated rings. The topological polar surface area (TPSA) is 41.1 Å². The van der Waals surface area contributed by atoms with Crippen molar-refractivity contribution in [2.75, 3.05) is 13.1 Å². The number of nitrogens with one attached hydrogen (secondary N) is 2. The third kappa shape index (κ3) is 3.57. The van der Waals surface area contributed by atoms with Gasteiger partial charge in [0.05, 0.1) is 12.0 Å². The summed E-state index contributed by atoms with van der Waals surface area (Å²) in [5.41, 5.74) is 0.817. The van der Waals surface area contributed by atoms with Gasteiger partial charge in [-0.3, -0.25) is 4.79 Å². The van der Waals surface area contributed by atoms with E-state index in [0.717, 1.165) is 25.1 Å². The number of halogens is 1. The van der Waals surface area contributed by atoms with Gasteiger partial charge in [-0.15, -0.1) is 0 Å². The molecule has 3 nitrogen and oxygen atoms in total. The molecule has 2 unspecified atom stereocenters. The average molecular weight is 278 g/mol. The molecule has 110 valence electrons. The van der Waals surface area contributed by atoms with Gasteiger partial charge in [0.15, 0.2) is 0 Å². The lowest BCUT2D eigenvalue weighted by Crippen LogP contribution is -2.40. The normalized spacial score (nSPS) is 20.7. The molecule has 4 heteroatoms. The first-order valence-electron chi connectivity index (χ1n) is 7.14. The highest BCUT2D eigenvalue weighted by atomic mass is 19.1. The van der Waals surface area contributed by atoms with E-state index in [-0.39, 0.29) is 29.1 Å². The van der Waals surface area contributed by atoms with Crippen LogP contribution in [0.25, 0.3) is 0 Å². The summed E-state index contributed by atoms with van der Waals surface area (Å²) < 4.78 is 13.1. The third-order valence-electron chi connectivity index (χ3n) is 3.79. The number of carbonyl (C=O) groups is 1. The summed E-state index contributed by atoms with van der Waals surface area (Å²) in [6.07, 6.45) is 0.881. The smallest absolute Gasteiger partial charge is 0.224 e. The van der Waals surface area contributed by atoms with E-state index in [0.29, 0.717) is 0 Å². The van der Waals surface area contributed by atoms with Crippen molar-refractivity contribution in [3.63, 3.8) is 0 Å². The summed E-state index contributed by atoms with van der Waals surface area (Å²) in [6.45, 7) is 7.87. The van der Waals surface area contributed by atoms with E-state index in [1.165, 1.54) is 12.1 Å². The molecular weight excluding hydrogens is 255 g/mol. The fourth-order valence-electron chi connectivity index (χ4n) is 2.59. The quantitative estimate of drug-likeness (QED) is 0.892. The van der Waals surface area contributed by atoms with Crippen LogP contribution in [0, 0.1) is 17.2 Å². The molecule has 0 aromatic heterocycles. The van der Waals surface area contributed by atoms with Crippen molar-refractivity contribution in [1.29, 1.82) is 0 Å². The summed E-state index contributed by atoms with van der Waals surface area (Å²) >= 11 is 0. The highest BCUT2D eigenvalue weighted by molar-refractivity contribution is 5.79. The van der Waals surface area contributed by atoms with E-state index in [9.17, 15) is 9.18 Å². The van der Waals surface area contributed by atoms with Gasteiger partial charge >= 0.3 is 0 Å². The van der Waals surface area contributed by atoms with Crippen LogP contribution in [-0.4, -0.2) is 19.0 Å². The van der Waals surface area contributed by atoms with Gasteiger partial charge in [-0.2, -0.15) is 0 Å². The maximum Gasteiger partial charge on any atom is 0.224 e. The summed E-state index contributed by atoms with van der Waals surface area (Å²) in [4.78, 5) is 12.3. The van der Waals surface area contributed by atoms with Crippen molar-refractivity contribution >= 4 is 5.91 Å². The number of amides is 1. The summed E-state index contributed by atoms with van der Waals surface area (Å²) in [7, 11) is 0. The van der Waals surface area contributed by atoms with E-state index >= 15 is 0 Å². The molecule has 1 aliphatic heterocycles. The van der Waals surface area contributed by atoms with Gasteiger partial charge in [0.2, 0.25) is 5.91 Å². The molecule has 20 heavy (non-hydrogen) atoms. The molecule has 2 atom stereocenters. The molecule has 1 aromatic rings. The van der Waals surface area contributed by atoms with Gasteiger partial charge < -0.3 is 10.6 Å². The maximum absolute atomic E-state index is 13.1. The molecule has 1 saturated heterocycles. The van der Waals surface area contributed by atoms with E-state index in [1.807, 2.05) is 0 Å². The van der Waals surface area contributed by atoms with E-state index in [1.54, 1.807) is 12.1 Å². The summed E-state index contributed by atoms with van der Waals surface area (Å²) in [6, 6.07) is 6.27. The molecule has 1 aromatic carbocycles. The fourth-order valence-corrected chi connectivity index (χ4v) is 2.59. The Morgan fingerprint density at radius 1 is 1.35 bits per heavy atom. The van der Waals surface area contributed by atoms with Gasteiger partial charge in [-0.25, -0.2) is 4.39 Å². The molecular formula is C16H23FN2O. The van der Waals surface area contributed by atoms with Crippen LogP contribution in [0.5, 0.6) is 0 Å². The molecule has 1 heterocycles. The predicted molar refractivity (Wildman–Crippen MR) is 77.7 cm³/mol. The second kappa shape index (κ2) is 5.92. The fraction of sp³-hybridized carbons (Fsp3) is 0.562. The monoisotopic (exact) mass is 278 g/mol. The highest BCUT2D eigenvalue weighted by Crippen LogP contribution is 2.33. The molecule has 0 radical (unpaired) electrons. The second-order valence-electron chi connectivity index (χ2n) is 6.55. The first-order chi connectivity index (χ1) is 9.38. The van der Waals surface area contributed by atoms with Crippen molar-refractivity contribution in [2.45, 2.75) is 33.2 Å². The van der Waals surface area contributed by atoms with Crippen LogP contribution >= 0.6 is 0 Å².